The molecular weight excluding hydrogens is 350 g/mol. The van der Waals surface area contributed by atoms with Gasteiger partial charge in [0.15, 0.2) is 0 Å². The number of nitrogens with zero attached hydrogens (tertiary/aromatic N) is 2. The molecule has 2 rings (SSSR count). The fourth-order valence-corrected chi connectivity index (χ4v) is 3.24. The summed E-state index contributed by atoms with van der Waals surface area (Å²) in [6.07, 6.45) is 6.59. The van der Waals surface area contributed by atoms with Crippen LogP contribution in [-0.4, -0.2) is 77.7 Å². The Morgan fingerprint density at radius 1 is 1.23 bits per heavy atom. The fourth-order valence-electron chi connectivity index (χ4n) is 2.77. The van der Waals surface area contributed by atoms with E-state index in [4.69, 9.17) is 0 Å². The van der Waals surface area contributed by atoms with Crippen LogP contribution in [0.1, 0.15) is 12.0 Å². The van der Waals surface area contributed by atoms with Crippen molar-refractivity contribution in [3.05, 3.63) is 42.0 Å². The summed E-state index contributed by atoms with van der Waals surface area (Å²) in [5.74, 6) is -0.268. The minimum absolute atomic E-state index is 0.280. The van der Waals surface area contributed by atoms with E-state index < -0.39 is 12.0 Å². The molecule has 26 heavy (non-hydrogen) atoms. The molecule has 0 radical (unpaired) electrons. The van der Waals surface area contributed by atoms with Crippen LogP contribution < -0.4 is 5.32 Å². The molecule has 0 bridgehead atoms. The second-order valence-corrected chi connectivity index (χ2v) is 7.21. The molecule has 2 amide bonds. The van der Waals surface area contributed by atoms with Gasteiger partial charge in [0.2, 0.25) is 0 Å². The standard InChI is InChI=1S/C19H27N3O3S/c1-26-15-9-17(18(23)24)20-19(25)22-13-11-21(12-14-22)10-5-8-16-6-3-2-4-7-16/h2-8,17H,9-15H2,1H3,(H,20,25)(H,23,24)/b8-5+/t17-/m1/s1. The van der Waals surface area contributed by atoms with Crippen molar-refractivity contribution < 1.29 is 14.7 Å². The predicted molar refractivity (Wildman–Crippen MR) is 106 cm³/mol. The molecule has 6 nitrogen and oxygen atoms in total. The van der Waals surface area contributed by atoms with Crippen LogP contribution in [0, 0.1) is 0 Å². The van der Waals surface area contributed by atoms with E-state index in [0.29, 0.717) is 25.3 Å². The van der Waals surface area contributed by atoms with Gasteiger partial charge in [-0.3, -0.25) is 4.90 Å². The largest absolute Gasteiger partial charge is 0.480 e. The topological polar surface area (TPSA) is 72.9 Å². The summed E-state index contributed by atoms with van der Waals surface area (Å²) in [6, 6.07) is 9.06. The van der Waals surface area contributed by atoms with Gasteiger partial charge in [-0.2, -0.15) is 11.8 Å². The molecule has 0 unspecified atom stereocenters. The number of nitrogens with one attached hydrogen (secondary N) is 1. The van der Waals surface area contributed by atoms with Crippen molar-refractivity contribution in [2.24, 2.45) is 0 Å². The first-order valence-electron chi connectivity index (χ1n) is 8.81. The van der Waals surface area contributed by atoms with Crippen molar-refractivity contribution in [1.29, 1.82) is 0 Å². The Balaban J connectivity index is 1.73. The normalized spacial score (nSPS) is 16.6. The molecule has 1 atom stereocenters. The maximum Gasteiger partial charge on any atom is 0.326 e. The molecule has 1 aliphatic rings. The van der Waals surface area contributed by atoms with Crippen LogP contribution in [0.2, 0.25) is 0 Å². The van der Waals surface area contributed by atoms with Gasteiger partial charge in [0.25, 0.3) is 0 Å². The highest BCUT2D eigenvalue weighted by atomic mass is 32.2. The van der Waals surface area contributed by atoms with E-state index in [2.05, 4.69) is 34.5 Å². The molecule has 0 spiro atoms. The monoisotopic (exact) mass is 377 g/mol. The van der Waals surface area contributed by atoms with Gasteiger partial charge in [0, 0.05) is 32.7 Å². The molecule has 7 heteroatoms. The van der Waals surface area contributed by atoms with Crippen molar-refractivity contribution in [2.75, 3.05) is 44.7 Å². The average Bonchev–Trinajstić information content (AvgIpc) is 2.66. The zero-order valence-corrected chi connectivity index (χ0v) is 16.0. The van der Waals surface area contributed by atoms with Gasteiger partial charge in [0.05, 0.1) is 0 Å². The number of rotatable bonds is 8. The van der Waals surface area contributed by atoms with Gasteiger partial charge in [0.1, 0.15) is 6.04 Å². The van der Waals surface area contributed by atoms with Crippen LogP contribution in [0.25, 0.3) is 6.08 Å². The highest BCUT2D eigenvalue weighted by Gasteiger charge is 2.25. The maximum absolute atomic E-state index is 12.3. The number of carboxylic acid groups (broad SMARTS) is 1. The van der Waals surface area contributed by atoms with E-state index in [0.717, 1.165) is 19.6 Å². The summed E-state index contributed by atoms with van der Waals surface area (Å²) in [6.45, 7) is 3.64. The quantitative estimate of drug-likeness (QED) is 0.727. The number of carbonyl (C=O) groups is 2. The first-order chi connectivity index (χ1) is 12.6. The molecule has 0 aromatic heterocycles. The van der Waals surface area contributed by atoms with Crippen LogP contribution in [-0.2, 0) is 4.79 Å². The van der Waals surface area contributed by atoms with E-state index in [1.807, 2.05) is 24.5 Å². The number of urea groups is 1. The molecule has 1 aliphatic heterocycles. The molecule has 1 fully saturated rings. The second kappa shape index (κ2) is 10.9. The number of carboxylic acids is 1. The Labute approximate surface area is 159 Å². The minimum atomic E-state index is -0.975. The third-order valence-electron chi connectivity index (χ3n) is 4.34. The first-order valence-corrected chi connectivity index (χ1v) is 10.2. The first kappa shape index (κ1) is 20.3. The van der Waals surface area contributed by atoms with Crippen molar-refractivity contribution in [1.82, 2.24) is 15.1 Å². The highest BCUT2D eigenvalue weighted by Crippen LogP contribution is 2.06. The number of benzene rings is 1. The summed E-state index contributed by atoms with van der Waals surface area (Å²) < 4.78 is 0. The maximum atomic E-state index is 12.3. The lowest BCUT2D eigenvalue weighted by Gasteiger charge is -2.34. The molecule has 0 saturated carbocycles. The number of aliphatic carboxylic acids is 1. The van der Waals surface area contributed by atoms with E-state index >= 15 is 0 Å². The minimum Gasteiger partial charge on any atom is -0.480 e. The van der Waals surface area contributed by atoms with Gasteiger partial charge >= 0.3 is 12.0 Å². The van der Waals surface area contributed by atoms with Crippen molar-refractivity contribution >= 4 is 29.8 Å². The molecule has 0 aliphatic carbocycles. The van der Waals surface area contributed by atoms with Crippen LogP contribution >= 0.6 is 11.8 Å². The van der Waals surface area contributed by atoms with E-state index in [9.17, 15) is 14.7 Å². The lowest BCUT2D eigenvalue weighted by molar-refractivity contribution is -0.139. The molecule has 2 N–H and O–H groups in total. The lowest BCUT2D eigenvalue weighted by Crippen LogP contribution is -2.54. The summed E-state index contributed by atoms with van der Waals surface area (Å²) in [4.78, 5) is 27.5. The SMILES string of the molecule is CSCC[C@@H](NC(=O)N1CCN(C/C=C/c2ccccc2)CC1)C(=O)O. The Morgan fingerprint density at radius 2 is 1.92 bits per heavy atom. The summed E-state index contributed by atoms with van der Waals surface area (Å²) >= 11 is 1.57. The van der Waals surface area contributed by atoms with E-state index in [-0.39, 0.29) is 6.03 Å². The van der Waals surface area contributed by atoms with Crippen molar-refractivity contribution in [3.63, 3.8) is 0 Å². The molecule has 142 valence electrons. The van der Waals surface area contributed by atoms with Crippen LogP contribution in [0.4, 0.5) is 4.79 Å². The van der Waals surface area contributed by atoms with Crippen LogP contribution in [0.3, 0.4) is 0 Å². The van der Waals surface area contributed by atoms with Gasteiger partial charge < -0.3 is 15.3 Å². The zero-order chi connectivity index (χ0) is 18.8. The molecule has 1 aromatic rings. The third kappa shape index (κ3) is 6.72. The lowest BCUT2D eigenvalue weighted by atomic mass is 10.2. The number of amides is 2. The summed E-state index contributed by atoms with van der Waals surface area (Å²) in [7, 11) is 0. The molecule has 1 saturated heterocycles. The Kier molecular flexibility index (Phi) is 8.50. The van der Waals surface area contributed by atoms with Crippen molar-refractivity contribution in [2.45, 2.75) is 12.5 Å². The smallest absolute Gasteiger partial charge is 0.326 e. The van der Waals surface area contributed by atoms with Gasteiger partial charge in [-0.05, 0) is 24.0 Å². The number of thioether (sulfide) groups is 1. The van der Waals surface area contributed by atoms with Crippen molar-refractivity contribution in [3.8, 4) is 0 Å². The third-order valence-corrected chi connectivity index (χ3v) is 4.98. The fraction of sp³-hybridized carbons (Fsp3) is 0.474. The molecule has 1 heterocycles. The number of hydrogen-bond donors (Lipinski definition) is 2. The summed E-state index contributed by atoms with van der Waals surface area (Å²) in [5.41, 5.74) is 1.18. The number of carbonyl (C=O) groups excluding carboxylic acids is 1. The van der Waals surface area contributed by atoms with Gasteiger partial charge in [-0.15, -0.1) is 0 Å². The number of hydrogen-bond acceptors (Lipinski definition) is 4. The van der Waals surface area contributed by atoms with Crippen LogP contribution in [0.15, 0.2) is 36.4 Å². The number of piperazine rings is 1. The van der Waals surface area contributed by atoms with E-state index in [1.165, 1.54) is 5.56 Å². The van der Waals surface area contributed by atoms with Crippen LogP contribution in [0.5, 0.6) is 0 Å². The molecular formula is C19H27N3O3S. The Morgan fingerprint density at radius 3 is 2.54 bits per heavy atom. The highest BCUT2D eigenvalue weighted by molar-refractivity contribution is 7.98. The zero-order valence-electron chi connectivity index (χ0n) is 15.1. The average molecular weight is 378 g/mol. The second-order valence-electron chi connectivity index (χ2n) is 6.22. The Hall–Kier alpha value is -1.99. The Bertz CT molecular complexity index is 601. The molecule has 1 aromatic carbocycles. The van der Waals surface area contributed by atoms with Gasteiger partial charge in [-0.1, -0.05) is 42.5 Å². The predicted octanol–water partition coefficient (Wildman–Crippen LogP) is 2.23. The van der Waals surface area contributed by atoms with E-state index in [1.54, 1.807) is 16.7 Å². The summed E-state index contributed by atoms with van der Waals surface area (Å²) in [5, 5.41) is 11.9. The van der Waals surface area contributed by atoms with Gasteiger partial charge in [-0.25, -0.2) is 9.59 Å².